The van der Waals surface area contributed by atoms with Crippen molar-refractivity contribution in [1.82, 2.24) is 14.7 Å². The highest BCUT2D eigenvalue weighted by molar-refractivity contribution is 7.10. The van der Waals surface area contributed by atoms with E-state index in [4.69, 9.17) is 16.3 Å². The monoisotopic (exact) mass is 420 g/mol. The van der Waals surface area contributed by atoms with Crippen LogP contribution in [0.4, 0.5) is 19.0 Å². The smallest absolute Gasteiger partial charge is 0.378 e. The molecule has 2 aliphatic rings. The molecule has 1 saturated heterocycles. The van der Waals surface area contributed by atoms with Crippen molar-refractivity contribution in [2.24, 2.45) is 0 Å². The van der Waals surface area contributed by atoms with Gasteiger partial charge in [0.05, 0.1) is 19.3 Å². The molecule has 2 atom stereocenters. The Morgan fingerprint density at radius 2 is 2.11 bits per heavy atom. The van der Waals surface area contributed by atoms with E-state index in [1.807, 2.05) is 0 Å². The summed E-state index contributed by atoms with van der Waals surface area (Å²) in [5.41, 5.74) is -0.165. The summed E-state index contributed by atoms with van der Waals surface area (Å²) >= 11 is 7.68. The van der Waals surface area contributed by atoms with Crippen LogP contribution in [0.3, 0.4) is 0 Å². The van der Waals surface area contributed by atoms with E-state index in [1.54, 1.807) is 17.5 Å². The van der Waals surface area contributed by atoms with Gasteiger partial charge in [-0.2, -0.15) is 18.3 Å². The lowest BCUT2D eigenvalue weighted by atomic mass is 10.0. The van der Waals surface area contributed by atoms with Crippen LogP contribution in [-0.2, 0) is 4.74 Å². The van der Waals surface area contributed by atoms with Gasteiger partial charge in [0, 0.05) is 24.4 Å². The quantitative estimate of drug-likeness (QED) is 0.804. The highest BCUT2D eigenvalue weighted by Crippen LogP contribution is 2.46. The van der Waals surface area contributed by atoms with E-state index in [0.717, 1.165) is 9.56 Å². The van der Waals surface area contributed by atoms with Crippen LogP contribution < -0.4 is 5.32 Å². The first-order chi connectivity index (χ1) is 12.9. The van der Waals surface area contributed by atoms with Gasteiger partial charge >= 0.3 is 6.18 Å². The number of halogens is 4. The van der Waals surface area contributed by atoms with Crippen molar-refractivity contribution in [2.75, 3.05) is 31.6 Å². The number of anilines is 1. The molecule has 2 aromatic rings. The van der Waals surface area contributed by atoms with Crippen molar-refractivity contribution in [3.63, 3.8) is 0 Å². The van der Waals surface area contributed by atoms with Gasteiger partial charge in [-0.15, -0.1) is 11.3 Å². The Kier molecular flexibility index (Phi) is 4.81. The number of nitrogens with one attached hydrogen (secondary N) is 1. The van der Waals surface area contributed by atoms with Gasteiger partial charge in [0.1, 0.15) is 10.8 Å². The molecule has 4 heterocycles. The second-order valence-electron chi connectivity index (χ2n) is 6.37. The lowest BCUT2D eigenvalue weighted by molar-refractivity contribution is -0.173. The summed E-state index contributed by atoms with van der Waals surface area (Å²) < 4.78 is 47.1. The predicted octanol–water partition coefficient (Wildman–Crippen LogP) is 3.73. The number of morpholine rings is 1. The van der Waals surface area contributed by atoms with Crippen LogP contribution in [0.15, 0.2) is 17.5 Å². The average molecular weight is 421 g/mol. The first-order valence-corrected chi connectivity index (χ1v) is 9.63. The number of rotatable bonds is 2. The van der Waals surface area contributed by atoms with E-state index in [0.29, 0.717) is 26.3 Å². The standard InChI is InChI=1S/C16H16ClF3N4O2S/c17-12-13(15(25)23-3-5-26-6-4-23)22-24-11(16(18,19)20)8-9(21-14(12)24)10-2-1-7-27-10/h1-2,7,9,11,21H,3-6,8H2/t9-,11+/m0/s1. The third kappa shape index (κ3) is 3.41. The second kappa shape index (κ2) is 6.99. The SMILES string of the molecule is O=C(c1nn2c(c1Cl)N[C@H](c1cccs1)C[C@@H]2C(F)(F)F)N1CCOCC1. The van der Waals surface area contributed by atoms with E-state index in [-0.39, 0.29) is 23.0 Å². The van der Waals surface area contributed by atoms with Gasteiger partial charge in [-0.1, -0.05) is 17.7 Å². The van der Waals surface area contributed by atoms with E-state index in [9.17, 15) is 18.0 Å². The maximum atomic E-state index is 13.7. The normalized spacial score (nSPS) is 23.0. The summed E-state index contributed by atoms with van der Waals surface area (Å²) in [5.74, 6) is -0.458. The largest absolute Gasteiger partial charge is 0.410 e. The number of amides is 1. The van der Waals surface area contributed by atoms with E-state index < -0.39 is 24.2 Å². The molecule has 0 unspecified atom stereocenters. The van der Waals surface area contributed by atoms with Crippen LogP contribution in [0.5, 0.6) is 0 Å². The van der Waals surface area contributed by atoms with Crippen LogP contribution in [0.1, 0.15) is 33.9 Å². The van der Waals surface area contributed by atoms with Crippen molar-refractivity contribution >= 4 is 34.7 Å². The molecule has 4 rings (SSSR count). The lowest BCUT2D eigenvalue weighted by Crippen LogP contribution is -2.41. The summed E-state index contributed by atoms with van der Waals surface area (Å²) in [7, 11) is 0. The molecule has 0 radical (unpaired) electrons. The highest BCUT2D eigenvalue weighted by Gasteiger charge is 2.48. The minimum atomic E-state index is -4.51. The van der Waals surface area contributed by atoms with Gasteiger partial charge in [0.2, 0.25) is 0 Å². The van der Waals surface area contributed by atoms with Crippen LogP contribution in [0, 0.1) is 0 Å². The number of nitrogens with zero attached hydrogens (tertiary/aromatic N) is 3. The summed E-state index contributed by atoms with van der Waals surface area (Å²) in [5, 5.41) is 8.72. The molecular formula is C16H16ClF3N4O2S. The number of hydrogen-bond donors (Lipinski definition) is 1. The number of thiophene rings is 1. The summed E-state index contributed by atoms with van der Waals surface area (Å²) in [6.45, 7) is 1.46. The molecule has 146 valence electrons. The Labute approximate surface area is 161 Å². The highest BCUT2D eigenvalue weighted by atomic mass is 35.5. The Hall–Kier alpha value is -1.78. The van der Waals surface area contributed by atoms with Crippen LogP contribution in [0.25, 0.3) is 0 Å². The first-order valence-electron chi connectivity index (χ1n) is 8.38. The zero-order valence-electron chi connectivity index (χ0n) is 14.0. The number of fused-ring (bicyclic) bond motifs is 1. The summed E-state index contributed by atoms with van der Waals surface area (Å²) in [6.07, 6.45) is -4.73. The fourth-order valence-corrected chi connectivity index (χ4v) is 4.37. The minimum absolute atomic E-state index is 0.0280. The molecule has 0 saturated carbocycles. The van der Waals surface area contributed by atoms with Crippen LogP contribution >= 0.6 is 22.9 Å². The molecule has 2 aromatic heterocycles. The number of carbonyl (C=O) groups excluding carboxylic acids is 1. The van der Waals surface area contributed by atoms with Crippen LogP contribution in [0.2, 0.25) is 5.02 Å². The Morgan fingerprint density at radius 1 is 1.37 bits per heavy atom. The number of aromatic nitrogens is 2. The maximum absolute atomic E-state index is 13.7. The van der Waals surface area contributed by atoms with Gasteiger partial charge in [-0.25, -0.2) is 4.68 Å². The minimum Gasteiger partial charge on any atom is -0.378 e. The Morgan fingerprint density at radius 3 is 2.74 bits per heavy atom. The van der Waals surface area contributed by atoms with Crippen molar-refractivity contribution in [1.29, 1.82) is 0 Å². The maximum Gasteiger partial charge on any atom is 0.410 e. The van der Waals surface area contributed by atoms with Gasteiger partial charge < -0.3 is 15.0 Å². The molecule has 27 heavy (non-hydrogen) atoms. The van der Waals surface area contributed by atoms with Gasteiger partial charge in [-0.05, 0) is 11.4 Å². The average Bonchev–Trinajstić information content (AvgIpc) is 3.29. The van der Waals surface area contributed by atoms with Crippen molar-refractivity contribution in [3.05, 3.63) is 33.1 Å². The first kappa shape index (κ1) is 18.6. The predicted molar refractivity (Wildman–Crippen MR) is 94.4 cm³/mol. The molecule has 1 N–H and O–H groups in total. The second-order valence-corrected chi connectivity index (χ2v) is 7.72. The molecule has 0 aliphatic carbocycles. The summed E-state index contributed by atoms with van der Waals surface area (Å²) in [6, 6.07) is 1.15. The molecule has 0 spiro atoms. The van der Waals surface area contributed by atoms with Gasteiger partial charge in [0.15, 0.2) is 11.7 Å². The van der Waals surface area contributed by atoms with Crippen molar-refractivity contribution < 1.29 is 22.7 Å². The van der Waals surface area contributed by atoms with Gasteiger partial charge in [-0.3, -0.25) is 4.79 Å². The molecule has 0 bridgehead atoms. The Balaban J connectivity index is 1.72. The Bertz CT molecular complexity index is 834. The number of ether oxygens (including phenoxy) is 1. The zero-order chi connectivity index (χ0) is 19.2. The number of alkyl halides is 3. The molecule has 0 aromatic carbocycles. The van der Waals surface area contributed by atoms with Crippen molar-refractivity contribution in [2.45, 2.75) is 24.7 Å². The van der Waals surface area contributed by atoms with Gasteiger partial charge in [0.25, 0.3) is 5.91 Å². The topological polar surface area (TPSA) is 59.4 Å². The van der Waals surface area contributed by atoms with E-state index in [2.05, 4.69) is 10.4 Å². The van der Waals surface area contributed by atoms with E-state index in [1.165, 1.54) is 16.2 Å². The third-order valence-electron chi connectivity index (χ3n) is 4.68. The number of carbonyl (C=O) groups is 1. The molecule has 11 heteroatoms. The van der Waals surface area contributed by atoms with Crippen molar-refractivity contribution in [3.8, 4) is 0 Å². The third-order valence-corrected chi connectivity index (χ3v) is 6.03. The molecule has 6 nitrogen and oxygen atoms in total. The molecular weight excluding hydrogens is 405 g/mol. The van der Waals surface area contributed by atoms with E-state index >= 15 is 0 Å². The fourth-order valence-electron chi connectivity index (χ4n) is 3.32. The lowest BCUT2D eigenvalue weighted by Gasteiger charge is -2.32. The fraction of sp³-hybridized carbons (Fsp3) is 0.500. The van der Waals surface area contributed by atoms with Crippen LogP contribution in [-0.4, -0.2) is 53.1 Å². The zero-order valence-corrected chi connectivity index (χ0v) is 15.6. The molecule has 1 fully saturated rings. The summed E-state index contributed by atoms with van der Waals surface area (Å²) in [4.78, 5) is 15.0. The number of hydrogen-bond acceptors (Lipinski definition) is 5. The molecule has 2 aliphatic heterocycles. The molecule has 1 amide bonds.